The molecule has 0 bridgehead atoms. The fourth-order valence-corrected chi connectivity index (χ4v) is 6.54. The highest BCUT2D eigenvalue weighted by Crippen LogP contribution is 2.28. The minimum Gasteiger partial charge on any atom is -0.494 e. The van der Waals surface area contributed by atoms with Crippen LogP contribution in [-0.4, -0.2) is 55.7 Å². The van der Waals surface area contributed by atoms with Gasteiger partial charge in [0.15, 0.2) is 0 Å². The molecule has 7 heteroatoms. The predicted molar refractivity (Wildman–Crippen MR) is 113 cm³/mol. The van der Waals surface area contributed by atoms with E-state index in [2.05, 4.69) is 16.3 Å². The summed E-state index contributed by atoms with van der Waals surface area (Å²) >= 11 is 1.86. The predicted octanol–water partition coefficient (Wildman–Crippen LogP) is 3.37. The Morgan fingerprint density at radius 1 is 1.07 bits per heavy atom. The van der Waals surface area contributed by atoms with Gasteiger partial charge in [-0.3, -0.25) is 4.90 Å². The second-order valence-corrected chi connectivity index (χ2v) is 10.6. The van der Waals surface area contributed by atoms with Gasteiger partial charge in [-0.2, -0.15) is 0 Å². The number of rotatable bonds is 7. The van der Waals surface area contributed by atoms with Gasteiger partial charge in [0, 0.05) is 37.1 Å². The highest BCUT2D eigenvalue weighted by Gasteiger charge is 2.31. The number of para-hydroxylation sites is 1. The van der Waals surface area contributed by atoms with Crippen LogP contribution in [0.4, 0.5) is 0 Å². The first-order valence-electron chi connectivity index (χ1n) is 10.1. The van der Waals surface area contributed by atoms with Crippen LogP contribution in [0.15, 0.2) is 41.8 Å². The highest BCUT2D eigenvalue weighted by atomic mass is 32.2. The van der Waals surface area contributed by atoms with Gasteiger partial charge < -0.3 is 4.74 Å². The maximum absolute atomic E-state index is 12.7. The van der Waals surface area contributed by atoms with E-state index in [1.165, 1.54) is 10.4 Å². The molecule has 0 spiro atoms. The molecule has 1 aromatic heterocycles. The van der Waals surface area contributed by atoms with Crippen molar-refractivity contribution in [3.63, 3.8) is 0 Å². The summed E-state index contributed by atoms with van der Waals surface area (Å²) in [6, 6.07) is 12.3. The van der Waals surface area contributed by atoms with E-state index >= 15 is 0 Å². The molecule has 0 aliphatic carbocycles. The van der Waals surface area contributed by atoms with Crippen molar-refractivity contribution in [1.29, 1.82) is 0 Å². The Balaban J connectivity index is 1.21. The van der Waals surface area contributed by atoms with E-state index in [-0.39, 0.29) is 5.75 Å². The molecule has 1 fully saturated rings. The third kappa shape index (κ3) is 4.76. The van der Waals surface area contributed by atoms with Crippen molar-refractivity contribution in [3.8, 4) is 5.75 Å². The van der Waals surface area contributed by atoms with E-state index in [0.29, 0.717) is 32.2 Å². The summed E-state index contributed by atoms with van der Waals surface area (Å²) in [4.78, 5) is 4.07. The van der Waals surface area contributed by atoms with Gasteiger partial charge in [-0.15, -0.1) is 11.3 Å². The summed E-state index contributed by atoms with van der Waals surface area (Å²) in [5.41, 5.74) is 1.46. The third-order valence-electron chi connectivity index (χ3n) is 5.73. The van der Waals surface area contributed by atoms with Crippen LogP contribution in [0.3, 0.4) is 0 Å². The molecule has 0 amide bonds. The van der Waals surface area contributed by atoms with E-state index in [9.17, 15) is 8.42 Å². The van der Waals surface area contributed by atoms with E-state index in [1.54, 1.807) is 4.31 Å². The molecule has 1 saturated heterocycles. The second kappa shape index (κ2) is 8.95. The fraction of sp³-hybridized carbons (Fsp3) is 0.524. The number of ether oxygens (including phenoxy) is 1. The number of thiophene rings is 1. The van der Waals surface area contributed by atoms with Crippen molar-refractivity contribution in [2.24, 2.45) is 0 Å². The van der Waals surface area contributed by atoms with Gasteiger partial charge in [-0.1, -0.05) is 18.2 Å². The van der Waals surface area contributed by atoms with Crippen LogP contribution in [-0.2, 0) is 23.0 Å². The number of hydrogen-bond donors (Lipinski definition) is 0. The van der Waals surface area contributed by atoms with Gasteiger partial charge in [0.2, 0.25) is 10.0 Å². The summed E-state index contributed by atoms with van der Waals surface area (Å²) in [6.45, 7) is 3.82. The molecular formula is C21H28N2O3S2. The topological polar surface area (TPSA) is 49.9 Å². The molecule has 5 nitrogen and oxygen atoms in total. The molecule has 0 saturated carbocycles. The molecule has 0 atom stereocenters. The summed E-state index contributed by atoms with van der Waals surface area (Å²) in [5.74, 6) is 0.947. The van der Waals surface area contributed by atoms with Crippen LogP contribution in [0.25, 0.3) is 0 Å². The zero-order chi connectivity index (χ0) is 19.4. The van der Waals surface area contributed by atoms with Crippen molar-refractivity contribution < 1.29 is 13.2 Å². The van der Waals surface area contributed by atoms with Gasteiger partial charge in [-0.25, -0.2) is 12.7 Å². The van der Waals surface area contributed by atoms with Crippen molar-refractivity contribution in [3.05, 3.63) is 52.2 Å². The van der Waals surface area contributed by atoms with Crippen molar-refractivity contribution in [1.82, 2.24) is 9.21 Å². The molecule has 2 aromatic rings. The maximum atomic E-state index is 12.7. The minimum absolute atomic E-state index is 0.159. The highest BCUT2D eigenvalue weighted by molar-refractivity contribution is 7.89. The molecule has 0 N–H and O–H groups in total. The van der Waals surface area contributed by atoms with E-state index < -0.39 is 10.0 Å². The first-order chi connectivity index (χ1) is 13.6. The van der Waals surface area contributed by atoms with Crippen LogP contribution in [0.5, 0.6) is 5.75 Å². The van der Waals surface area contributed by atoms with Gasteiger partial charge in [0.1, 0.15) is 5.75 Å². The van der Waals surface area contributed by atoms with Crippen LogP contribution < -0.4 is 4.74 Å². The molecule has 28 heavy (non-hydrogen) atoms. The Bertz CT molecular complexity index is 859. The molecular weight excluding hydrogens is 392 g/mol. The Hall–Kier alpha value is -1.41. The molecule has 4 rings (SSSR count). The number of sulfonamides is 1. The summed E-state index contributed by atoms with van der Waals surface area (Å²) < 4.78 is 32.6. The van der Waals surface area contributed by atoms with Crippen LogP contribution in [0.2, 0.25) is 0 Å². The largest absolute Gasteiger partial charge is 0.494 e. The van der Waals surface area contributed by atoms with Crippen molar-refractivity contribution in [2.75, 3.05) is 32.0 Å². The lowest BCUT2D eigenvalue weighted by Crippen LogP contribution is -2.48. The fourth-order valence-electron chi connectivity index (χ4n) is 4.14. The van der Waals surface area contributed by atoms with Gasteiger partial charge in [-0.05, 0) is 54.8 Å². The van der Waals surface area contributed by atoms with Gasteiger partial charge >= 0.3 is 0 Å². The number of piperidine rings is 1. The average Bonchev–Trinajstić information content (AvgIpc) is 3.20. The van der Waals surface area contributed by atoms with Crippen LogP contribution in [0, 0.1) is 0 Å². The number of fused-ring (bicyclic) bond motifs is 1. The van der Waals surface area contributed by atoms with Gasteiger partial charge in [0.25, 0.3) is 0 Å². The van der Waals surface area contributed by atoms with E-state index in [1.807, 2.05) is 41.7 Å². The minimum atomic E-state index is -3.20. The quantitative estimate of drug-likeness (QED) is 0.645. The average molecular weight is 421 g/mol. The first kappa shape index (κ1) is 19.9. The summed E-state index contributed by atoms with van der Waals surface area (Å²) in [5, 5.41) is 2.19. The number of benzene rings is 1. The Labute approximate surface area is 172 Å². The smallest absolute Gasteiger partial charge is 0.214 e. The van der Waals surface area contributed by atoms with Crippen LogP contribution in [0.1, 0.15) is 29.7 Å². The molecule has 2 aliphatic rings. The Morgan fingerprint density at radius 2 is 1.86 bits per heavy atom. The summed E-state index contributed by atoms with van der Waals surface area (Å²) in [7, 11) is -3.20. The normalized spacial score (nSPS) is 19.4. The lowest BCUT2D eigenvalue weighted by molar-refractivity contribution is 0.127. The molecule has 152 valence electrons. The molecule has 2 aliphatic heterocycles. The number of hydrogen-bond acceptors (Lipinski definition) is 5. The Kier molecular flexibility index (Phi) is 6.35. The third-order valence-corrected chi connectivity index (χ3v) is 8.71. The monoisotopic (exact) mass is 420 g/mol. The van der Waals surface area contributed by atoms with Gasteiger partial charge in [0.05, 0.1) is 12.4 Å². The molecule has 0 radical (unpaired) electrons. The van der Waals surface area contributed by atoms with E-state index in [4.69, 9.17) is 4.74 Å². The number of nitrogens with zero attached hydrogens (tertiary/aromatic N) is 2. The lowest BCUT2D eigenvalue weighted by Gasteiger charge is -2.39. The van der Waals surface area contributed by atoms with E-state index in [0.717, 1.165) is 38.1 Å². The lowest BCUT2D eigenvalue weighted by atomic mass is 10.0. The molecule has 0 unspecified atom stereocenters. The zero-order valence-corrected chi connectivity index (χ0v) is 17.8. The van der Waals surface area contributed by atoms with Crippen LogP contribution >= 0.6 is 11.3 Å². The standard InChI is InChI=1S/C21H28N2O3S2/c24-28(25,16-4-14-26-20-5-2-1-3-6-20)23-12-7-19(8-13-23)22-11-9-21-18(17-22)10-15-27-21/h1-3,5-6,10,15,19H,4,7-9,11-14,16-17H2. The zero-order valence-electron chi connectivity index (χ0n) is 16.1. The first-order valence-corrected chi connectivity index (χ1v) is 12.6. The molecule has 1 aromatic carbocycles. The SMILES string of the molecule is O=S(=O)(CCCOc1ccccc1)N1CCC(N2CCc3sccc3C2)CC1. The van der Waals surface area contributed by atoms with Crippen molar-refractivity contribution >= 4 is 21.4 Å². The molecule has 3 heterocycles. The second-order valence-electron chi connectivity index (χ2n) is 7.55. The Morgan fingerprint density at radius 3 is 2.64 bits per heavy atom. The van der Waals surface area contributed by atoms with Crippen molar-refractivity contribution in [2.45, 2.75) is 38.3 Å². The maximum Gasteiger partial charge on any atom is 0.214 e. The summed E-state index contributed by atoms with van der Waals surface area (Å²) in [6.07, 6.45) is 3.51.